The molecule has 0 aliphatic rings. The van der Waals surface area contributed by atoms with Gasteiger partial charge in [-0.2, -0.15) is 0 Å². The highest BCUT2D eigenvalue weighted by atomic mass is 14.8. The van der Waals surface area contributed by atoms with Crippen LogP contribution >= 0.6 is 0 Å². The van der Waals surface area contributed by atoms with Crippen molar-refractivity contribution in [2.75, 3.05) is 13.6 Å². The van der Waals surface area contributed by atoms with Crippen LogP contribution in [0.1, 0.15) is 60.3 Å². The van der Waals surface area contributed by atoms with Crippen LogP contribution in [0, 0.1) is 5.41 Å². The van der Waals surface area contributed by atoms with E-state index in [0.717, 1.165) is 6.54 Å². The smallest absolute Gasteiger partial charge is 0.00804 e. The van der Waals surface area contributed by atoms with E-state index in [1.807, 2.05) is 7.05 Å². The van der Waals surface area contributed by atoms with Crippen molar-refractivity contribution in [1.29, 1.82) is 0 Å². The second-order valence-corrected chi connectivity index (χ2v) is 3.97. The van der Waals surface area contributed by atoms with Gasteiger partial charge in [-0.1, -0.05) is 53.9 Å². The van der Waals surface area contributed by atoms with Gasteiger partial charge in [-0.25, -0.2) is 0 Å². The minimum absolute atomic E-state index is 0.634. The molecule has 0 saturated heterocycles. The Hall–Kier alpha value is -0.0400. The van der Waals surface area contributed by atoms with Crippen LogP contribution in [0.3, 0.4) is 0 Å². The van der Waals surface area contributed by atoms with Gasteiger partial charge in [-0.15, -0.1) is 0 Å². The fourth-order valence-electron chi connectivity index (χ4n) is 1.21. The third-order valence-electron chi connectivity index (χ3n) is 2.91. The van der Waals surface area contributed by atoms with Crippen LogP contribution in [0.25, 0.3) is 0 Å². The average molecular weight is 187 g/mol. The summed E-state index contributed by atoms with van der Waals surface area (Å²) in [7, 11) is 1.93. The summed E-state index contributed by atoms with van der Waals surface area (Å²) in [5, 5.41) is 2.93. The van der Waals surface area contributed by atoms with Gasteiger partial charge in [-0.3, -0.25) is 0 Å². The monoisotopic (exact) mass is 187 g/mol. The van der Waals surface area contributed by atoms with Crippen molar-refractivity contribution < 1.29 is 0 Å². The quantitative estimate of drug-likeness (QED) is 0.689. The molecule has 0 aromatic carbocycles. The van der Waals surface area contributed by atoms with Crippen molar-refractivity contribution in [3.8, 4) is 0 Å². The molecule has 0 rings (SSSR count). The van der Waals surface area contributed by atoms with E-state index < -0.39 is 0 Å². The van der Waals surface area contributed by atoms with E-state index in [4.69, 9.17) is 0 Å². The first-order valence-corrected chi connectivity index (χ1v) is 5.74. The molecule has 0 radical (unpaired) electrons. The lowest BCUT2D eigenvalue weighted by Gasteiger charge is -2.25. The molecule has 0 amide bonds. The van der Waals surface area contributed by atoms with Gasteiger partial charge in [0.2, 0.25) is 0 Å². The zero-order chi connectivity index (χ0) is 10.7. The number of hydrogen-bond donors (Lipinski definition) is 1. The molecule has 1 heteroatoms. The molecule has 1 nitrogen and oxygen atoms in total. The Morgan fingerprint density at radius 3 is 1.46 bits per heavy atom. The minimum Gasteiger partial charge on any atom is -0.320 e. The van der Waals surface area contributed by atoms with Gasteiger partial charge in [-0.05, 0) is 25.4 Å². The number of rotatable bonds is 5. The minimum atomic E-state index is 0.634. The van der Waals surface area contributed by atoms with Crippen LogP contribution < -0.4 is 5.32 Å². The van der Waals surface area contributed by atoms with Crippen LogP contribution in [0.15, 0.2) is 0 Å². The molecule has 0 fully saturated rings. The van der Waals surface area contributed by atoms with Crippen LogP contribution in [-0.4, -0.2) is 13.6 Å². The molecule has 0 atom stereocenters. The van der Waals surface area contributed by atoms with Gasteiger partial charge in [0.1, 0.15) is 0 Å². The van der Waals surface area contributed by atoms with E-state index in [-0.39, 0.29) is 0 Å². The molecule has 82 valence electrons. The molecular weight excluding hydrogens is 158 g/mol. The summed E-state index contributed by atoms with van der Waals surface area (Å²) in [6.07, 6.45) is 5.38. The fraction of sp³-hybridized carbons (Fsp3) is 1.00. The number of hydrogen-bond acceptors (Lipinski definition) is 1. The summed E-state index contributed by atoms with van der Waals surface area (Å²) < 4.78 is 0. The van der Waals surface area contributed by atoms with E-state index in [1.165, 1.54) is 25.7 Å². The van der Waals surface area contributed by atoms with Crippen molar-refractivity contribution in [3.63, 3.8) is 0 Å². The molecule has 13 heavy (non-hydrogen) atoms. The van der Waals surface area contributed by atoms with Crippen LogP contribution in [0.2, 0.25) is 0 Å². The van der Waals surface area contributed by atoms with Crippen molar-refractivity contribution in [2.45, 2.75) is 60.3 Å². The third kappa shape index (κ3) is 9.88. The lowest BCUT2D eigenvalue weighted by molar-refractivity contribution is 0.270. The molecule has 0 aromatic heterocycles. The Morgan fingerprint density at radius 2 is 1.38 bits per heavy atom. The lowest BCUT2D eigenvalue weighted by Crippen LogP contribution is -2.12. The third-order valence-corrected chi connectivity index (χ3v) is 2.91. The molecular formula is C12H29N. The Labute approximate surface area is 85.3 Å². The van der Waals surface area contributed by atoms with E-state index >= 15 is 0 Å². The van der Waals surface area contributed by atoms with Gasteiger partial charge >= 0.3 is 0 Å². The molecule has 0 aliphatic carbocycles. The maximum Gasteiger partial charge on any atom is -0.00804 e. The maximum atomic E-state index is 2.93. The van der Waals surface area contributed by atoms with Crippen molar-refractivity contribution >= 4 is 0 Å². The van der Waals surface area contributed by atoms with Crippen LogP contribution in [0.4, 0.5) is 0 Å². The largest absolute Gasteiger partial charge is 0.320 e. The second kappa shape index (κ2) is 10.0. The summed E-state index contributed by atoms with van der Waals surface area (Å²) >= 11 is 0. The predicted molar refractivity (Wildman–Crippen MR) is 63.2 cm³/mol. The van der Waals surface area contributed by atoms with E-state index in [0.29, 0.717) is 5.41 Å². The molecule has 0 unspecified atom stereocenters. The van der Waals surface area contributed by atoms with Crippen molar-refractivity contribution in [3.05, 3.63) is 0 Å². The van der Waals surface area contributed by atoms with Gasteiger partial charge in [0.05, 0.1) is 0 Å². The highest BCUT2D eigenvalue weighted by molar-refractivity contribution is 4.69. The first-order valence-electron chi connectivity index (χ1n) is 5.74. The molecule has 0 spiro atoms. The summed E-state index contributed by atoms with van der Waals surface area (Å²) in [5.74, 6) is 0. The van der Waals surface area contributed by atoms with Crippen molar-refractivity contribution in [1.82, 2.24) is 5.32 Å². The van der Waals surface area contributed by atoms with Gasteiger partial charge in [0.15, 0.2) is 0 Å². The second-order valence-electron chi connectivity index (χ2n) is 3.97. The molecule has 0 aliphatic heterocycles. The fourth-order valence-corrected chi connectivity index (χ4v) is 1.21. The Kier molecular flexibility index (Phi) is 11.9. The molecule has 0 heterocycles. The standard InChI is InChI=1S/C9H20.C3H9N/c1-5-8-9(4,6-2)7-3;1-3-4-2/h5-8H2,1-4H3;4H,3H2,1-2H3. The zero-order valence-electron chi connectivity index (χ0n) is 10.5. The van der Waals surface area contributed by atoms with Crippen molar-refractivity contribution in [2.24, 2.45) is 5.41 Å². The Morgan fingerprint density at radius 1 is 1.00 bits per heavy atom. The van der Waals surface area contributed by atoms with E-state index in [9.17, 15) is 0 Å². The normalized spacial score (nSPS) is 10.6. The van der Waals surface area contributed by atoms with Gasteiger partial charge in [0, 0.05) is 0 Å². The molecule has 0 saturated carbocycles. The summed E-state index contributed by atoms with van der Waals surface area (Å²) in [6, 6.07) is 0. The molecule has 0 bridgehead atoms. The lowest BCUT2D eigenvalue weighted by atomic mass is 9.81. The highest BCUT2D eigenvalue weighted by Gasteiger charge is 2.16. The highest BCUT2D eigenvalue weighted by Crippen LogP contribution is 2.30. The Balaban J connectivity index is 0. The SMILES string of the molecule is CCCC(C)(CC)CC.CCNC. The molecule has 1 N–H and O–H groups in total. The summed E-state index contributed by atoms with van der Waals surface area (Å²) in [6.45, 7) is 12.4. The first-order chi connectivity index (χ1) is 6.10. The Bertz CT molecular complexity index is 83.1. The predicted octanol–water partition coefficient (Wildman–Crippen LogP) is 3.84. The van der Waals surface area contributed by atoms with Crippen LogP contribution in [0.5, 0.6) is 0 Å². The maximum absolute atomic E-state index is 2.93. The zero-order valence-corrected chi connectivity index (χ0v) is 10.5. The summed E-state index contributed by atoms with van der Waals surface area (Å²) in [4.78, 5) is 0. The number of nitrogens with one attached hydrogen (secondary N) is 1. The van der Waals surface area contributed by atoms with E-state index in [2.05, 4.69) is 39.9 Å². The molecule has 0 aromatic rings. The van der Waals surface area contributed by atoms with Gasteiger partial charge in [0.25, 0.3) is 0 Å². The topological polar surface area (TPSA) is 12.0 Å². The first kappa shape index (κ1) is 15.4. The van der Waals surface area contributed by atoms with Crippen LogP contribution in [-0.2, 0) is 0 Å². The van der Waals surface area contributed by atoms with E-state index in [1.54, 1.807) is 0 Å². The average Bonchev–Trinajstić information content (AvgIpc) is 2.18. The van der Waals surface area contributed by atoms with Gasteiger partial charge < -0.3 is 5.32 Å². The summed E-state index contributed by atoms with van der Waals surface area (Å²) in [5.41, 5.74) is 0.634.